The maximum Gasteiger partial charge on any atom is 0.309 e. The number of nitrogens with zero attached hydrogens (tertiary/aromatic N) is 1. The van der Waals surface area contributed by atoms with Crippen molar-refractivity contribution in [1.29, 1.82) is 0 Å². The number of methoxy groups -OCH3 is 1. The Balaban J connectivity index is 2.07. The average molecular weight is 295 g/mol. The molecule has 0 aromatic carbocycles. The smallest absolute Gasteiger partial charge is 0.309 e. The molecule has 120 valence electrons. The molecule has 3 fully saturated rings. The van der Waals surface area contributed by atoms with Gasteiger partial charge < -0.3 is 9.84 Å². The molecule has 0 aromatic heterocycles. The molecule has 4 heteroatoms. The third kappa shape index (κ3) is 1.84. The van der Waals surface area contributed by atoms with Crippen molar-refractivity contribution >= 4 is 5.97 Å². The van der Waals surface area contributed by atoms with Gasteiger partial charge in [0.15, 0.2) is 0 Å². The summed E-state index contributed by atoms with van der Waals surface area (Å²) in [6.45, 7) is 7.59. The van der Waals surface area contributed by atoms with E-state index in [9.17, 15) is 9.90 Å². The van der Waals surface area contributed by atoms with Gasteiger partial charge in [-0.05, 0) is 43.1 Å². The number of esters is 1. The fraction of sp³-hybridized carbons (Fsp3) is 0.941. The summed E-state index contributed by atoms with van der Waals surface area (Å²) in [5.41, 5.74) is 0.0540. The fourth-order valence-electron chi connectivity index (χ4n) is 6.14. The monoisotopic (exact) mass is 295 g/mol. The predicted octanol–water partition coefficient (Wildman–Crippen LogP) is 1.77. The summed E-state index contributed by atoms with van der Waals surface area (Å²) in [6.07, 6.45) is 1.83. The lowest BCUT2D eigenvalue weighted by atomic mass is 9.54. The molecule has 1 saturated heterocycles. The SMILES string of the molecule is COC(=O)[C@H]1[C@H](C(C)C)[C@@H](O)[C@H]2N(C)C[C@H]3CC[C@@H]1[C@]32C. The molecule has 7 atom stereocenters. The lowest BCUT2D eigenvalue weighted by Gasteiger charge is -2.53. The average Bonchev–Trinajstić information content (AvgIpc) is 2.85. The first-order chi connectivity index (χ1) is 9.83. The summed E-state index contributed by atoms with van der Waals surface area (Å²) < 4.78 is 5.13. The predicted molar refractivity (Wildman–Crippen MR) is 80.6 cm³/mol. The molecule has 0 bridgehead atoms. The number of ether oxygens (including phenoxy) is 1. The zero-order valence-corrected chi connectivity index (χ0v) is 13.9. The number of hydrogen-bond acceptors (Lipinski definition) is 4. The van der Waals surface area contributed by atoms with Crippen molar-refractivity contribution in [2.24, 2.45) is 35.0 Å². The molecule has 4 nitrogen and oxygen atoms in total. The highest BCUT2D eigenvalue weighted by Crippen LogP contribution is 2.64. The zero-order chi connectivity index (χ0) is 15.5. The van der Waals surface area contributed by atoms with Crippen molar-refractivity contribution in [3.63, 3.8) is 0 Å². The van der Waals surface area contributed by atoms with Gasteiger partial charge in [-0.1, -0.05) is 20.8 Å². The summed E-state index contributed by atoms with van der Waals surface area (Å²) in [5.74, 6) is 0.963. The molecule has 1 N–H and O–H groups in total. The lowest BCUT2D eigenvalue weighted by Crippen LogP contribution is -2.61. The maximum atomic E-state index is 12.5. The van der Waals surface area contributed by atoms with Crippen LogP contribution in [0.5, 0.6) is 0 Å². The number of likely N-dealkylation sites (N-methyl/N-ethyl adjacent to an activating group) is 1. The van der Waals surface area contributed by atoms with E-state index in [0.29, 0.717) is 11.8 Å². The zero-order valence-electron chi connectivity index (χ0n) is 13.9. The number of likely N-dealkylation sites (tertiary alicyclic amines) is 1. The minimum absolute atomic E-state index is 0.000162. The number of hydrogen-bond donors (Lipinski definition) is 1. The second kappa shape index (κ2) is 4.95. The molecule has 1 aliphatic heterocycles. The van der Waals surface area contributed by atoms with E-state index in [1.54, 1.807) is 0 Å². The Labute approximate surface area is 127 Å². The van der Waals surface area contributed by atoms with E-state index in [1.165, 1.54) is 13.5 Å². The van der Waals surface area contributed by atoms with E-state index in [-0.39, 0.29) is 35.2 Å². The molecule has 0 radical (unpaired) electrons. The van der Waals surface area contributed by atoms with Crippen molar-refractivity contribution in [2.45, 2.75) is 45.8 Å². The van der Waals surface area contributed by atoms with E-state index >= 15 is 0 Å². The van der Waals surface area contributed by atoms with Gasteiger partial charge in [-0.2, -0.15) is 0 Å². The Hall–Kier alpha value is -0.610. The van der Waals surface area contributed by atoms with Gasteiger partial charge in [0.25, 0.3) is 0 Å². The van der Waals surface area contributed by atoms with E-state index in [1.807, 2.05) is 0 Å². The van der Waals surface area contributed by atoms with Crippen LogP contribution in [-0.4, -0.2) is 48.8 Å². The van der Waals surface area contributed by atoms with Crippen molar-refractivity contribution in [1.82, 2.24) is 4.90 Å². The van der Waals surface area contributed by atoms with Gasteiger partial charge >= 0.3 is 5.97 Å². The molecular formula is C17H29NO3. The summed E-state index contributed by atoms with van der Waals surface area (Å²) in [5, 5.41) is 11.1. The number of carbonyl (C=O) groups excluding carboxylic acids is 1. The lowest BCUT2D eigenvalue weighted by molar-refractivity contribution is -0.171. The van der Waals surface area contributed by atoms with E-state index < -0.39 is 6.10 Å². The molecule has 1 heterocycles. The number of rotatable bonds is 2. The normalized spacial score (nSPS) is 49.5. The van der Waals surface area contributed by atoms with Crippen LogP contribution in [0.4, 0.5) is 0 Å². The minimum Gasteiger partial charge on any atom is -0.469 e. The molecular weight excluding hydrogens is 266 g/mol. The topological polar surface area (TPSA) is 49.8 Å². The number of aliphatic hydroxyl groups excluding tert-OH is 1. The summed E-state index contributed by atoms with van der Waals surface area (Å²) >= 11 is 0. The Morgan fingerprint density at radius 1 is 1.38 bits per heavy atom. The second-order valence-electron chi connectivity index (χ2n) is 7.99. The first-order valence-corrected chi connectivity index (χ1v) is 8.30. The molecule has 0 aromatic rings. The Morgan fingerprint density at radius 3 is 2.62 bits per heavy atom. The van der Waals surface area contributed by atoms with Crippen LogP contribution in [0.3, 0.4) is 0 Å². The van der Waals surface area contributed by atoms with Gasteiger partial charge in [0.1, 0.15) is 0 Å². The van der Waals surface area contributed by atoms with Gasteiger partial charge in [-0.3, -0.25) is 9.69 Å². The number of aliphatic hydroxyl groups is 1. The number of carbonyl (C=O) groups is 1. The Bertz CT molecular complexity index is 438. The van der Waals surface area contributed by atoms with Crippen LogP contribution in [0.2, 0.25) is 0 Å². The van der Waals surface area contributed by atoms with Gasteiger partial charge in [0.2, 0.25) is 0 Å². The quantitative estimate of drug-likeness (QED) is 0.789. The molecule has 0 amide bonds. The summed E-state index contributed by atoms with van der Waals surface area (Å²) in [4.78, 5) is 14.8. The van der Waals surface area contributed by atoms with Gasteiger partial charge in [0.05, 0.1) is 19.1 Å². The second-order valence-corrected chi connectivity index (χ2v) is 7.99. The van der Waals surface area contributed by atoms with Crippen molar-refractivity contribution < 1.29 is 14.6 Å². The van der Waals surface area contributed by atoms with E-state index in [2.05, 4.69) is 32.7 Å². The van der Waals surface area contributed by atoms with Crippen molar-refractivity contribution in [2.75, 3.05) is 20.7 Å². The van der Waals surface area contributed by atoms with Gasteiger partial charge in [-0.25, -0.2) is 0 Å². The highest BCUT2D eigenvalue weighted by Gasteiger charge is 2.67. The van der Waals surface area contributed by atoms with Crippen LogP contribution in [0.25, 0.3) is 0 Å². The van der Waals surface area contributed by atoms with E-state index in [4.69, 9.17) is 4.74 Å². The highest BCUT2D eigenvalue weighted by atomic mass is 16.5. The van der Waals surface area contributed by atoms with Crippen molar-refractivity contribution in [3.8, 4) is 0 Å². The molecule has 3 rings (SSSR count). The summed E-state index contributed by atoms with van der Waals surface area (Å²) in [6, 6.07) is 0.184. The largest absolute Gasteiger partial charge is 0.469 e. The standard InChI is InChI=1S/C17H29NO3/c1-9(2)12-13(16(20)21-5)11-7-6-10-8-18(4)15(14(12)19)17(10,11)3/h9-15,19H,6-8H2,1-5H3/t10-,11+,12+,13-,14-,15-,17+/m1/s1. The van der Waals surface area contributed by atoms with Crippen LogP contribution in [-0.2, 0) is 9.53 Å². The molecule has 3 aliphatic rings. The van der Waals surface area contributed by atoms with Crippen LogP contribution in [0, 0.1) is 35.0 Å². The maximum absolute atomic E-state index is 12.5. The minimum atomic E-state index is -0.441. The fourth-order valence-corrected chi connectivity index (χ4v) is 6.14. The Morgan fingerprint density at radius 2 is 2.05 bits per heavy atom. The molecule has 0 unspecified atom stereocenters. The molecule has 21 heavy (non-hydrogen) atoms. The van der Waals surface area contributed by atoms with E-state index in [0.717, 1.165) is 13.0 Å². The highest BCUT2D eigenvalue weighted by molar-refractivity contribution is 5.74. The van der Waals surface area contributed by atoms with Gasteiger partial charge in [0, 0.05) is 18.5 Å². The third-order valence-corrected chi connectivity index (χ3v) is 6.93. The van der Waals surface area contributed by atoms with Crippen LogP contribution >= 0.6 is 0 Å². The van der Waals surface area contributed by atoms with Crippen LogP contribution in [0.15, 0.2) is 0 Å². The van der Waals surface area contributed by atoms with Crippen LogP contribution < -0.4 is 0 Å². The Kier molecular flexibility index (Phi) is 3.61. The first kappa shape index (κ1) is 15.3. The third-order valence-electron chi connectivity index (χ3n) is 6.93. The molecule has 2 aliphatic carbocycles. The molecule has 0 spiro atoms. The van der Waals surface area contributed by atoms with Crippen molar-refractivity contribution in [3.05, 3.63) is 0 Å². The summed E-state index contributed by atoms with van der Waals surface area (Å²) in [7, 11) is 3.61. The molecule has 2 saturated carbocycles. The van der Waals surface area contributed by atoms with Crippen LogP contribution in [0.1, 0.15) is 33.6 Å². The van der Waals surface area contributed by atoms with Gasteiger partial charge in [-0.15, -0.1) is 0 Å². The first-order valence-electron chi connectivity index (χ1n) is 8.30.